The first-order chi connectivity index (χ1) is 12.2. The van der Waals surface area contributed by atoms with E-state index in [2.05, 4.69) is 16.0 Å². The number of hydrogen-bond acceptors (Lipinski definition) is 5. The predicted octanol–water partition coefficient (Wildman–Crippen LogP) is 4.34. The number of nitrogens with zero attached hydrogens (tertiary/aromatic N) is 3. The number of hydrogen-bond donors (Lipinski definition) is 0. The first-order valence-electron chi connectivity index (χ1n) is 8.39. The second-order valence-corrected chi connectivity index (χ2v) is 6.01. The highest BCUT2D eigenvalue weighted by molar-refractivity contribution is 5.86. The molecule has 0 bridgehead atoms. The molecule has 1 aliphatic rings. The molecule has 0 saturated carbocycles. The normalized spacial score (nSPS) is 14.7. The summed E-state index contributed by atoms with van der Waals surface area (Å²) in [6.07, 6.45) is 5.48. The van der Waals surface area contributed by atoms with E-state index in [0.717, 1.165) is 24.4 Å². The topological polar surface area (TPSA) is 68.0 Å². The van der Waals surface area contributed by atoms with Crippen molar-refractivity contribution in [2.75, 3.05) is 25.1 Å². The molecule has 0 aromatic heterocycles. The van der Waals surface area contributed by atoms with Crippen molar-refractivity contribution in [2.24, 2.45) is 4.99 Å². The van der Waals surface area contributed by atoms with Gasteiger partial charge in [-0.1, -0.05) is 0 Å². The van der Waals surface area contributed by atoms with Crippen LogP contribution in [0.25, 0.3) is 0 Å². The van der Waals surface area contributed by atoms with Gasteiger partial charge in [0.15, 0.2) is 0 Å². The van der Waals surface area contributed by atoms with Crippen molar-refractivity contribution in [3.8, 4) is 5.75 Å². The predicted molar refractivity (Wildman–Crippen MR) is 99.4 cm³/mol. The van der Waals surface area contributed by atoms with Crippen LogP contribution >= 0.6 is 0 Å². The number of benzene rings is 2. The Balaban J connectivity index is 1.78. The van der Waals surface area contributed by atoms with Gasteiger partial charge in [-0.3, -0.25) is 15.1 Å². The van der Waals surface area contributed by atoms with Crippen LogP contribution in [-0.4, -0.2) is 31.3 Å². The Hall–Kier alpha value is -2.89. The van der Waals surface area contributed by atoms with E-state index in [9.17, 15) is 10.1 Å². The molecule has 2 aromatic carbocycles. The van der Waals surface area contributed by atoms with Gasteiger partial charge in [0.25, 0.3) is 5.69 Å². The quantitative estimate of drug-likeness (QED) is 0.461. The molecule has 0 N–H and O–H groups in total. The van der Waals surface area contributed by atoms with Gasteiger partial charge in [0.1, 0.15) is 5.75 Å². The fraction of sp³-hybridized carbons (Fsp3) is 0.316. The molecular weight excluding hydrogens is 318 g/mol. The largest absolute Gasteiger partial charge is 0.496 e. The summed E-state index contributed by atoms with van der Waals surface area (Å²) in [5, 5.41) is 10.7. The van der Waals surface area contributed by atoms with Crippen molar-refractivity contribution in [1.29, 1.82) is 0 Å². The average molecular weight is 339 g/mol. The summed E-state index contributed by atoms with van der Waals surface area (Å²) in [5.41, 5.74) is 2.76. The zero-order valence-corrected chi connectivity index (χ0v) is 14.2. The fourth-order valence-corrected chi connectivity index (χ4v) is 2.96. The van der Waals surface area contributed by atoms with E-state index in [0.29, 0.717) is 5.69 Å². The van der Waals surface area contributed by atoms with Crippen LogP contribution in [0, 0.1) is 10.1 Å². The maximum absolute atomic E-state index is 10.7. The number of anilines is 1. The number of methoxy groups -OCH3 is 1. The number of rotatable bonds is 5. The number of nitro benzene ring substituents is 1. The highest BCUT2D eigenvalue weighted by Gasteiger charge is 2.12. The highest BCUT2D eigenvalue weighted by atomic mass is 16.6. The Morgan fingerprint density at radius 2 is 1.84 bits per heavy atom. The van der Waals surface area contributed by atoms with Crippen LogP contribution in [0.5, 0.6) is 5.75 Å². The summed E-state index contributed by atoms with van der Waals surface area (Å²) in [6.45, 7) is 2.17. The van der Waals surface area contributed by atoms with Gasteiger partial charge in [0.05, 0.1) is 17.7 Å². The van der Waals surface area contributed by atoms with Gasteiger partial charge in [-0.25, -0.2) is 0 Å². The third kappa shape index (κ3) is 4.15. The lowest BCUT2D eigenvalue weighted by atomic mass is 10.1. The number of aliphatic imine (C=N–C) groups is 1. The van der Waals surface area contributed by atoms with Crippen molar-refractivity contribution < 1.29 is 9.66 Å². The Bertz CT molecular complexity index is 766. The molecule has 0 spiro atoms. The maximum atomic E-state index is 10.7. The van der Waals surface area contributed by atoms with Crippen LogP contribution in [0.4, 0.5) is 17.1 Å². The number of non-ortho nitro benzene ring substituents is 1. The standard InChI is InChI=1S/C19H21N3O3/c1-25-19-13-18(21-11-3-2-4-12-21)8-5-15(19)14-20-16-6-9-17(10-7-16)22(23)24/h5-10,13-14H,2-4,11-12H2,1H3. The Kier molecular flexibility index (Phi) is 5.28. The molecule has 1 aliphatic heterocycles. The van der Waals surface area contributed by atoms with Gasteiger partial charge < -0.3 is 9.64 Å². The molecule has 0 unspecified atom stereocenters. The number of nitro groups is 1. The zero-order chi connectivity index (χ0) is 17.6. The van der Waals surface area contributed by atoms with Gasteiger partial charge in [-0.05, 0) is 43.5 Å². The van der Waals surface area contributed by atoms with Crippen LogP contribution in [-0.2, 0) is 0 Å². The minimum atomic E-state index is -0.421. The Labute approximate surface area is 146 Å². The Morgan fingerprint density at radius 3 is 2.48 bits per heavy atom. The molecule has 25 heavy (non-hydrogen) atoms. The van der Waals surface area contributed by atoms with E-state index >= 15 is 0 Å². The maximum Gasteiger partial charge on any atom is 0.269 e. The van der Waals surface area contributed by atoms with Gasteiger partial charge in [0.2, 0.25) is 0 Å². The Morgan fingerprint density at radius 1 is 1.12 bits per heavy atom. The minimum Gasteiger partial charge on any atom is -0.496 e. The lowest BCUT2D eigenvalue weighted by Gasteiger charge is -2.29. The lowest BCUT2D eigenvalue weighted by Crippen LogP contribution is -2.29. The van der Waals surface area contributed by atoms with E-state index in [1.54, 1.807) is 25.5 Å². The molecule has 3 rings (SSSR count). The number of ether oxygens (including phenoxy) is 1. The monoisotopic (exact) mass is 339 g/mol. The molecule has 130 valence electrons. The first-order valence-corrected chi connectivity index (χ1v) is 8.39. The van der Waals surface area contributed by atoms with Crippen molar-refractivity contribution in [2.45, 2.75) is 19.3 Å². The van der Waals surface area contributed by atoms with Crippen molar-refractivity contribution in [1.82, 2.24) is 0 Å². The van der Waals surface area contributed by atoms with Crippen molar-refractivity contribution in [3.05, 3.63) is 58.1 Å². The van der Waals surface area contributed by atoms with E-state index in [1.807, 2.05) is 12.1 Å². The summed E-state index contributed by atoms with van der Waals surface area (Å²) in [4.78, 5) is 17.0. The van der Waals surface area contributed by atoms with Crippen molar-refractivity contribution in [3.63, 3.8) is 0 Å². The minimum absolute atomic E-state index is 0.0578. The lowest BCUT2D eigenvalue weighted by molar-refractivity contribution is -0.384. The van der Waals surface area contributed by atoms with E-state index in [4.69, 9.17) is 4.74 Å². The third-order valence-electron chi connectivity index (χ3n) is 4.35. The molecule has 1 fully saturated rings. The van der Waals surface area contributed by atoms with Gasteiger partial charge in [-0.15, -0.1) is 0 Å². The third-order valence-corrected chi connectivity index (χ3v) is 4.35. The summed E-state index contributed by atoms with van der Waals surface area (Å²) >= 11 is 0. The highest BCUT2D eigenvalue weighted by Crippen LogP contribution is 2.27. The van der Waals surface area contributed by atoms with Crippen LogP contribution in [0.1, 0.15) is 24.8 Å². The van der Waals surface area contributed by atoms with Gasteiger partial charge >= 0.3 is 0 Å². The number of piperidine rings is 1. The fourth-order valence-electron chi connectivity index (χ4n) is 2.96. The summed E-state index contributed by atoms with van der Waals surface area (Å²) in [7, 11) is 1.65. The van der Waals surface area contributed by atoms with E-state index in [1.165, 1.54) is 37.1 Å². The van der Waals surface area contributed by atoms with Crippen LogP contribution in [0.2, 0.25) is 0 Å². The molecule has 0 atom stereocenters. The average Bonchev–Trinajstić information content (AvgIpc) is 2.67. The molecule has 2 aromatic rings. The zero-order valence-electron chi connectivity index (χ0n) is 14.2. The van der Waals surface area contributed by atoms with Crippen molar-refractivity contribution >= 4 is 23.3 Å². The SMILES string of the molecule is COc1cc(N2CCCCC2)ccc1C=Nc1ccc([N+](=O)[O-])cc1. The van der Waals surface area contributed by atoms with E-state index in [-0.39, 0.29) is 5.69 Å². The molecule has 1 heterocycles. The molecule has 0 radical (unpaired) electrons. The van der Waals surface area contributed by atoms with E-state index < -0.39 is 4.92 Å². The van der Waals surface area contributed by atoms with Crippen LogP contribution < -0.4 is 9.64 Å². The molecule has 0 amide bonds. The second kappa shape index (κ2) is 7.79. The van der Waals surface area contributed by atoms with Gasteiger partial charge in [-0.2, -0.15) is 0 Å². The van der Waals surface area contributed by atoms with Crippen LogP contribution in [0.15, 0.2) is 47.5 Å². The summed E-state index contributed by atoms with van der Waals surface area (Å²) in [6, 6.07) is 12.3. The first kappa shape index (κ1) is 17.0. The smallest absolute Gasteiger partial charge is 0.269 e. The molecular formula is C19H21N3O3. The second-order valence-electron chi connectivity index (χ2n) is 6.01. The molecule has 6 nitrogen and oxygen atoms in total. The molecule has 1 saturated heterocycles. The van der Waals surface area contributed by atoms with Gasteiger partial charge in [0, 0.05) is 48.8 Å². The summed E-state index contributed by atoms with van der Waals surface area (Å²) in [5.74, 6) is 0.772. The summed E-state index contributed by atoms with van der Waals surface area (Å²) < 4.78 is 5.51. The van der Waals surface area contributed by atoms with Crippen LogP contribution in [0.3, 0.4) is 0 Å². The molecule has 0 aliphatic carbocycles. The molecule has 6 heteroatoms.